The molecule has 0 radical (unpaired) electrons. The lowest BCUT2D eigenvalue weighted by Gasteiger charge is -2.26. The minimum atomic E-state index is 0.359. The third kappa shape index (κ3) is 7.71. The number of allylic oxidation sites excluding steroid dienone is 5. The van der Waals surface area contributed by atoms with E-state index in [1.807, 2.05) is 0 Å². The van der Waals surface area contributed by atoms with Gasteiger partial charge >= 0.3 is 0 Å². The molecule has 0 saturated carbocycles. The van der Waals surface area contributed by atoms with Crippen molar-refractivity contribution >= 4 is 20.4 Å². The summed E-state index contributed by atoms with van der Waals surface area (Å²) in [5, 5.41) is 7.01. The standard InChI is InChI=1S/C33H45N2P/c1-22(2)34-25(6)19-29-15-16-31-24(5)18-30(21-33(31)32(29)20-26(7)35-23(3)4)28-13-11-27(12-14-28)10-8-9-17-36/h11-16,18,22-23,34-35H,5-10,17,19-21,36H2,1-4H3. The molecule has 3 heteroatoms. The van der Waals surface area contributed by atoms with Gasteiger partial charge in [0.1, 0.15) is 0 Å². The molecular formula is C33H45N2P. The van der Waals surface area contributed by atoms with E-state index in [9.17, 15) is 0 Å². The van der Waals surface area contributed by atoms with Crippen molar-refractivity contribution in [3.05, 3.63) is 107 Å². The van der Waals surface area contributed by atoms with Crippen LogP contribution in [0.2, 0.25) is 0 Å². The third-order valence-electron chi connectivity index (χ3n) is 6.61. The monoisotopic (exact) mass is 500 g/mol. The Morgan fingerprint density at radius 1 is 0.889 bits per heavy atom. The minimum absolute atomic E-state index is 0.359. The highest BCUT2D eigenvalue weighted by Crippen LogP contribution is 2.37. The SMILES string of the molecule is C=C(Cc1ccc2c(c1CC(=C)NC(C)C)CC(c1ccc(CCCCP)cc1)=CC2=C)NC(C)C. The minimum Gasteiger partial charge on any atom is -0.386 e. The van der Waals surface area contributed by atoms with Gasteiger partial charge in [-0.15, -0.1) is 9.24 Å². The smallest absolute Gasteiger partial charge is 0.0201 e. The Morgan fingerprint density at radius 2 is 1.53 bits per heavy atom. The zero-order valence-electron chi connectivity index (χ0n) is 22.8. The molecule has 0 spiro atoms. The molecule has 1 unspecified atom stereocenters. The molecule has 36 heavy (non-hydrogen) atoms. The largest absolute Gasteiger partial charge is 0.386 e. The van der Waals surface area contributed by atoms with Crippen LogP contribution in [-0.2, 0) is 25.7 Å². The maximum atomic E-state index is 4.45. The summed E-state index contributed by atoms with van der Waals surface area (Å²) < 4.78 is 0. The molecule has 3 rings (SSSR count). The fourth-order valence-corrected chi connectivity index (χ4v) is 5.35. The van der Waals surface area contributed by atoms with Gasteiger partial charge in [-0.2, -0.15) is 0 Å². The van der Waals surface area contributed by atoms with Crippen LogP contribution in [0.25, 0.3) is 11.1 Å². The number of fused-ring (bicyclic) bond motifs is 1. The zero-order chi connectivity index (χ0) is 26.2. The molecule has 1 atom stereocenters. The summed E-state index contributed by atoms with van der Waals surface area (Å²) in [4.78, 5) is 0. The Balaban J connectivity index is 1.93. The maximum absolute atomic E-state index is 4.45. The fourth-order valence-electron chi connectivity index (χ4n) is 5.07. The van der Waals surface area contributed by atoms with Gasteiger partial charge in [0, 0.05) is 36.3 Å². The van der Waals surface area contributed by atoms with E-state index in [1.165, 1.54) is 58.0 Å². The van der Waals surface area contributed by atoms with Crippen molar-refractivity contribution in [3.8, 4) is 0 Å². The van der Waals surface area contributed by atoms with Gasteiger partial charge in [-0.05, 0) is 104 Å². The lowest BCUT2D eigenvalue weighted by molar-refractivity contribution is 0.650. The van der Waals surface area contributed by atoms with Crippen molar-refractivity contribution in [1.82, 2.24) is 10.6 Å². The van der Waals surface area contributed by atoms with Crippen molar-refractivity contribution in [2.45, 2.75) is 78.3 Å². The molecule has 1 aliphatic carbocycles. The summed E-state index contributed by atoms with van der Waals surface area (Å²) in [6.45, 7) is 21.7. The Morgan fingerprint density at radius 3 is 2.14 bits per heavy atom. The summed E-state index contributed by atoms with van der Waals surface area (Å²) in [6.07, 6.45) is 9.63. The number of benzene rings is 2. The second-order valence-corrected chi connectivity index (χ2v) is 11.3. The molecule has 2 aromatic carbocycles. The maximum Gasteiger partial charge on any atom is 0.0201 e. The highest BCUT2D eigenvalue weighted by atomic mass is 31.0. The predicted octanol–water partition coefficient (Wildman–Crippen LogP) is 7.65. The first kappa shape index (κ1) is 28.0. The van der Waals surface area contributed by atoms with Crippen molar-refractivity contribution in [1.29, 1.82) is 0 Å². The van der Waals surface area contributed by atoms with Gasteiger partial charge < -0.3 is 10.6 Å². The van der Waals surface area contributed by atoms with E-state index in [2.05, 4.69) is 110 Å². The van der Waals surface area contributed by atoms with E-state index < -0.39 is 0 Å². The van der Waals surface area contributed by atoms with Crippen LogP contribution >= 0.6 is 9.24 Å². The van der Waals surface area contributed by atoms with Crippen LogP contribution in [0.4, 0.5) is 0 Å². The molecule has 2 N–H and O–H groups in total. The molecule has 0 saturated heterocycles. The number of hydrogen-bond donors (Lipinski definition) is 2. The Labute approximate surface area is 222 Å². The second kappa shape index (κ2) is 13.1. The molecule has 0 aliphatic heterocycles. The molecule has 0 aromatic heterocycles. The summed E-state index contributed by atoms with van der Waals surface area (Å²) in [7, 11) is 2.82. The van der Waals surface area contributed by atoms with Gasteiger partial charge in [-0.25, -0.2) is 0 Å². The number of unbranched alkanes of at least 4 members (excludes halogenated alkanes) is 1. The van der Waals surface area contributed by atoms with E-state index in [-0.39, 0.29) is 0 Å². The number of aryl methyl sites for hydroxylation is 1. The van der Waals surface area contributed by atoms with Crippen molar-refractivity contribution in [2.75, 3.05) is 6.16 Å². The van der Waals surface area contributed by atoms with Gasteiger partial charge in [0.2, 0.25) is 0 Å². The number of nitrogens with one attached hydrogen (secondary N) is 2. The van der Waals surface area contributed by atoms with Gasteiger partial charge in [-0.3, -0.25) is 0 Å². The van der Waals surface area contributed by atoms with E-state index in [4.69, 9.17) is 0 Å². The molecule has 0 bridgehead atoms. The van der Waals surface area contributed by atoms with Gasteiger partial charge in [0.25, 0.3) is 0 Å². The Bertz CT molecular complexity index is 1120. The molecule has 0 heterocycles. The first-order valence-corrected chi connectivity index (χ1v) is 14.2. The molecule has 0 fully saturated rings. The Hall–Kier alpha value is -2.57. The van der Waals surface area contributed by atoms with Gasteiger partial charge in [0.15, 0.2) is 0 Å². The van der Waals surface area contributed by atoms with Crippen LogP contribution in [0.1, 0.15) is 73.9 Å². The van der Waals surface area contributed by atoms with E-state index in [1.54, 1.807) is 0 Å². The molecule has 192 valence electrons. The van der Waals surface area contributed by atoms with Gasteiger partial charge in [0.05, 0.1) is 0 Å². The summed E-state index contributed by atoms with van der Waals surface area (Å²) in [5.41, 5.74) is 12.6. The summed E-state index contributed by atoms with van der Waals surface area (Å²) in [6, 6.07) is 14.4. The summed E-state index contributed by atoms with van der Waals surface area (Å²) in [5.74, 6) is 0. The van der Waals surface area contributed by atoms with Crippen LogP contribution in [0, 0.1) is 0 Å². The average Bonchev–Trinajstić information content (AvgIpc) is 2.80. The molecule has 2 nitrogen and oxygen atoms in total. The lowest BCUT2D eigenvalue weighted by Crippen LogP contribution is -2.25. The second-order valence-electron chi connectivity index (χ2n) is 10.7. The number of hydrogen-bond acceptors (Lipinski definition) is 2. The third-order valence-corrected chi connectivity index (χ3v) is 7.02. The molecule has 2 aromatic rings. The quantitative estimate of drug-likeness (QED) is 0.218. The Kier molecular flexibility index (Phi) is 10.2. The molecular weight excluding hydrogens is 455 g/mol. The molecule has 1 aliphatic rings. The van der Waals surface area contributed by atoms with E-state index in [0.29, 0.717) is 12.1 Å². The predicted molar refractivity (Wildman–Crippen MR) is 163 cm³/mol. The topological polar surface area (TPSA) is 24.1 Å². The van der Waals surface area contributed by atoms with Crippen molar-refractivity contribution in [3.63, 3.8) is 0 Å². The first-order chi connectivity index (χ1) is 17.2. The molecule has 0 amide bonds. The highest BCUT2D eigenvalue weighted by molar-refractivity contribution is 7.16. The summed E-state index contributed by atoms with van der Waals surface area (Å²) >= 11 is 0. The van der Waals surface area contributed by atoms with Crippen LogP contribution in [-0.4, -0.2) is 18.2 Å². The van der Waals surface area contributed by atoms with Crippen molar-refractivity contribution in [2.24, 2.45) is 0 Å². The van der Waals surface area contributed by atoms with Crippen LogP contribution < -0.4 is 10.6 Å². The number of rotatable bonds is 13. The first-order valence-electron chi connectivity index (χ1n) is 13.4. The van der Waals surface area contributed by atoms with Crippen LogP contribution in [0.3, 0.4) is 0 Å². The van der Waals surface area contributed by atoms with E-state index >= 15 is 0 Å². The van der Waals surface area contributed by atoms with Crippen LogP contribution in [0.5, 0.6) is 0 Å². The van der Waals surface area contributed by atoms with Crippen molar-refractivity contribution < 1.29 is 0 Å². The average molecular weight is 501 g/mol. The highest BCUT2D eigenvalue weighted by Gasteiger charge is 2.21. The normalized spacial score (nSPS) is 13.0. The van der Waals surface area contributed by atoms with Crippen LogP contribution in [0.15, 0.2) is 73.6 Å². The fraction of sp³-hybridized carbons (Fsp3) is 0.394. The van der Waals surface area contributed by atoms with E-state index in [0.717, 1.165) is 42.7 Å². The zero-order valence-corrected chi connectivity index (χ0v) is 24.0. The van der Waals surface area contributed by atoms with Gasteiger partial charge in [-0.1, -0.05) is 62.2 Å². The lowest BCUT2D eigenvalue weighted by atomic mass is 9.80.